The third-order valence-electron chi connectivity index (χ3n) is 1.83. The van der Waals surface area contributed by atoms with Crippen LogP contribution in [0.3, 0.4) is 0 Å². The molecule has 0 amide bonds. The Bertz CT molecular complexity index is 470. The SMILES string of the molecule is Cl.Cl.Nc1ccccc1.c1cn2ccsc2n1. The summed E-state index contributed by atoms with van der Waals surface area (Å²) >= 11 is 1.65. The summed E-state index contributed by atoms with van der Waals surface area (Å²) in [7, 11) is 0. The van der Waals surface area contributed by atoms with Crippen molar-refractivity contribution in [3.8, 4) is 0 Å². The number of nitrogens with zero attached hydrogens (tertiary/aromatic N) is 2. The summed E-state index contributed by atoms with van der Waals surface area (Å²) in [5, 5.41) is 2.02. The van der Waals surface area contributed by atoms with E-state index in [4.69, 9.17) is 5.73 Å². The maximum absolute atomic E-state index is 5.36. The van der Waals surface area contributed by atoms with Crippen LogP contribution in [0, 0.1) is 0 Å². The first-order valence-electron chi connectivity index (χ1n) is 4.53. The molecule has 0 aliphatic rings. The number of hydrogen-bond donors (Lipinski definition) is 1. The summed E-state index contributed by atoms with van der Waals surface area (Å²) < 4.78 is 1.99. The summed E-state index contributed by atoms with van der Waals surface area (Å²) in [5.74, 6) is 0. The molecule has 0 radical (unpaired) electrons. The number of hydrogen-bond acceptors (Lipinski definition) is 3. The van der Waals surface area contributed by atoms with E-state index in [0.29, 0.717) is 0 Å². The number of fused-ring (bicyclic) bond motifs is 1. The van der Waals surface area contributed by atoms with Gasteiger partial charge in [-0.3, -0.25) is 4.40 Å². The maximum atomic E-state index is 5.36. The largest absolute Gasteiger partial charge is 0.399 e. The smallest absolute Gasteiger partial charge is 0.193 e. The maximum Gasteiger partial charge on any atom is 0.193 e. The fourth-order valence-electron chi connectivity index (χ4n) is 1.11. The zero-order chi connectivity index (χ0) is 10.5. The molecule has 6 heteroatoms. The minimum Gasteiger partial charge on any atom is -0.399 e. The summed E-state index contributed by atoms with van der Waals surface area (Å²) in [6, 6.07) is 9.49. The van der Waals surface area contributed by atoms with Gasteiger partial charge in [-0.15, -0.1) is 36.2 Å². The van der Waals surface area contributed by atoms with E-state index in [-0.39, 0.29) is 24.8 Å². The van der Waals surface area contributed by atoms with Gasteiger partial charge in [-0.1, -0.05) is 18.2 Å². The molecule has 92 valence electrons. The van der Waals surface area contributed by atoms with Gasteiger partial charge in [0.2, 0.25) is 0 Å². The van der Waals surface area contributed by atoms with E-state index < -0.39 is 0 Å². The molecular formula is C11H13Cl2N3S. The van der Waals surface area contributed by atoms with Gasteiger partial charge >= 0.3 is 0 Å². The van der Waals surface area contributed by atoms with Crippen LogP contribution in [-0.4, -0.2) is 9.38 Å². The molecular weight excluding hydrogens is 277 g/mol. The van der Waals surface area contributed by atoms with E-state index in [1.807, 2.05) is 52.5 Å². The van der Waals surface area contributed by atoms with Crippen molar-refractivity contribution in [2.75, 3.05) is 5.73 Å². The number of para-hydroxylation sites is 1. The van der Waals surface area contributed by atoms with E-state index >= 15 is 0 Å². The molecule has 0 atom stereocenters. The Balaban J connectivity index is 0.000000272. The summed E-state index contributed by atoms with van der Waals surface area (Å²) in [6.45, 7) is 0. The number of benzene rings is 1. The van der Waals surface area contributed by atoms with Crippen LogP contribution in [0.25, 0.3) is 4.96 Å². The molecule has 2 heterocycles. The molecule has 0 saturated heterocycles. The highest BCUT2D eigenvalue weighted by molar-refractivity contribution is 7.15. The number of aromatic nitrogens is 2. The zero-order valence-electron chi connectivity index (χ0n) is 8.89. The molecule has 0 saturated carbocycles. The molecule has 2 N–H and O–H groups in total. The van der Waals surface area contributed by atoms with E-state index in [9.17, 15) is 0 Å². The molecule has 2 aromatic heterocycles. The minimum atomic E-state index is 0. The monoisotopic (exact) mass is 289 g/mol. The first-order chi connectivity index (χ1) is 7.36. The Morgan fingerprint density at radius 1 is 1.06 bits per heavy atom. The molecule has 17 heavy (non-hydrogen) atoms. The molecule has 1 aromatic carbocycles. The summed E-state index contributed by atoms with van der Waals surface area (Å²) in [6.07, 6.45) is 5.73. The lowest BCUT2D eigenvalue weighted by Crippen LogP contribution is -1.79. The molecule has 0 spiro atoms. The molecule has 0 unspecified atom stereocenters. The number of nitrogens with two attached hydrogens (primary N) is 1. The quantitative estimate of drug-likeness (QED) is 0.644. The molecule has 3 rings (SSSR count). The highest BCUT2D eigenvalue weighted by atomic mass is 35.5. The van der Waals surface area contributed by atoms with Gasteiger partial charge in [0.15, 0.2) is 4.96 Å². The van der Waals surface area contributed by atoms with Gasteiger partial charge in [-0.05, 0) is 12.1 Å². The lowest BCUT2D eigenvalue weighted by atomic mass is 10.3. The molecule has 0 bridgehead atoms. The van der Waals surface area contributed by atoms with E-state index in [1.54, 1.807) is 17.5 Å². The minimum absolute atomic E-state index is 0. The van der Waals surface area contributed by atoms with Crippen LogP contribution < -0.4 is 5.73 Å². The molecule has 0 fully saturated rings. The predicted molar refractivity (Wildman–Crippen MR) is 78.4 cm³/mol. The van der Waals surface area contributed by atoms with Crippen LogP contribution in [0.4, 0.5) is 5.69 Å². The lowest BCUT2D eigenvalue weighted by molar-refractivity contribution is 1.23. The number of thiazole rings is 1. The van der Waals surface area contributed by atoms with Gasteiger partial charge in [-0.25, -0.2) is 4.98 Å². The third-order valence-corrected chi connectivity index (χ3v) is 2.61. The van der Waals surface area contributed by atoms with Crippen molar-refractivity contribution in [1.29, 1.82) is 0 Å². The number of anilines is 1. The molecule has 0 aliphatic heterocycles. The molecule has 3 nitrogen and oxygen atoms in total. The average molecular weight is 290 g/mol. The van der Waals surface area contributed by atoms with Crippen LogP contribution in [0.1, 0.15) is 0 Å². The van der Waals surface area contributed by atoms with Gasteiger partial charge in [-0.2, -0.15) is 0 Å². The van der Waals surface area contributed by atoms with Crippen LogP contribution in [0.2, 0.25) is 0 Å². The topological polar surface area (TPSA) is 43.3 Å². The van der Waals surface area contributed by atoms with Crippen molar-refractivity contribution in [2.45, 2.75) is 0 Å². The van der Waals surface area contributed by atoms with Crippen LogP contribution in [-0.2, 0) is 0 Å². The van der Waals surface area contributed by atoms with E-state index in [2.05, 4.69) is 4.98 Å². The van der Waals surface area contributed by atoms with Gasteiger partial charge in [0.05, 0.1) is 0 Å². The standard InChI is InChI=1S/C6H7N.C5H4N2S.2ClH/c7-6-4-2-1-3-5-6;1-2-7-3-4-8-5(7)6-1;;/h1-5H,7H2;1-4H;2*1H. The molecule has 3 aromatic rings. The Morgan fingerprint density at radius 2 is 1.76 bits per heavy atom. The Morgan fingerprint density at radius 3 is 2.29 bits per heavy atom. The first kappa shape index (κ1) is 15.8. The van der Waals surface area contributed by atoms with Crippen molar-refractivity contribution in [3.63, 3.8) is 0 Å². The second kappa shape index (κ2) is 7.95. The number of imidazole rings is 1. The van der Waals surface area contributed by atoms with Crippen molar-refractivity contribution in [1.82, 2.24) is 9.38 Å². The highest BCUT2D eigenvalue weighted by Gasteiger charge is 1.88. The number of rotatable bonds is 0. The Kier molecular flexibility index (Phi) is 7.37. The van der Waals surface area contributed by atoms with Crippen molar-refractivity contribution in [2.24, 2.45) is 0 Å². The highest BCUT2D eigenvalue weighted by Crippen LogP contribution is 2.06. The first-order valence-corrected chi connectivity index (χ1v) is 5.41. The van der Waals surface area contributed by atoms with Crippen LogP contribution >= 0.6 is 36.2 Å². The third kappa shape index (κ3) is 4.65. The summed E-state index contributed by atoms with van der Waals surface area (Å²) in [4.78, 5) is 5.12. The predicted octanol–water partition coefficient (Wildman–Crippen LogP) is 3.51. The van der Waals surface area contributed by atoms with Gasteiger partial charge in [0.25, 0.3) is 0 Å². The summed E-state index contributed by atoms with van der Waals surface area (Å²) in [5.41, 5.74) is 6.18. The molecule has 0 aliphatic carbocycles. The van der Waals surface area contributed by atoms with Crippen LogP contribution in [0.15, 0.2) is 54.3 Å². The number of nitrogen functional groups attached to an aromatic ring is 1. The van der Waals surface area contributed by atoms with Crippen molar-refractivity contribution < 1.29 is 0 Å². The normalized spacial score (nSPS) is 8.47. The van der Waals surface area contributed by atoms with Crippen molar-refractivity contribution in [3.05, 3.63) is 54.3 Å². The number of halogens is 2. The van der Waals surface area contributed by atoms with E-state index in [1.165, 1.54) is 0 Å². The Labute approximate surface area is 116 Å². The van der Waals surface area contributed by atoms with Crippen LogP contribution in [0.5, 0.6) is 0 Å². The van der Waals surface area contributed by atoms with Gasteiger partial charge in [0, 0.05) is 29.7 Å². The van der Waals surface area contributed by atoms with Crippen molar-refractivity contribution >= 4 is 46.8 Å². The fraction of sp³-hybridized carbons (Fsp3) is 0. The fourth-order valence-corrected chi connectivity index (χ4v) is 1.79. The lowest BCUT2D eigenvalue weighted by Gasteiger charge is -1.83. The second-order valence-electron chi connectivity index (χ2n) is 2.93. The van der Waals surface area contributed by atoms with E-state index in [0.717, 1.165) is 10.6 Å². The second-order valence-corrected chi connectivity index (χ2v) is 3.80. The van der Waals surface area contributed by atoms with Gasteiger partial charge in [0.1, 0.15) is 0 Å². The zero-order valence-corrected chi connectivity index (χ0v) is 11.3. The Hall–Kier alpha value is -1.23. The average Bonchev–Trinajstić information content (AvgIpc) is 2.80. The van der Waals surface area contributed by atoms with Gasteiger partial charge < -0.3 is 5.73 Å².